The number of nitrogens with zero attached hydrogens (tertiary/aromatic N) is 3. The first-order valence-electron chi connectivity index (χ1n) is 7.02. The van der Waals surface area contributed by atoms with Crippen molar-refractivity contribution in [1.29, 1.82) is 0 Å². The fraction of sp³-hybridized carbons (Fsp3) is 0.133. The van der Waals surface area contributed by atoms with Crippen molar-refractivity contribution in [2.45, 2.75) is 11.7 Å². The highest BCUT2D eigenvalue weighted by atomic mass is 35.5. The molecular weight excluding hydrogens is 350 g/mol. The van der Waals surface area contributed by atoms with Gasteiger partial charge in [-0.1, -0.05) is 35.5 Å². The molecule has 1 aromatic carbocycles. The van der Waals surface area contributed by atoms with Crippen LogP contribution in [-0.2, 0) is 11.3 Å². The quantitative estimate of drug-likeness (QED) is 0.515. The molecule has 7 nitrogen and oxygen atoms in total. The van der Waals surface area contributed by atoms with E-state index in [1.54, 1.807) is 24.3 Å². The number of hydrogen-bond donors (Lipinski definition) is 2. The minimum absolute atomic E-state index is 0.127. The van der Waals surface area contributed by atoms with Crippen LogP contribution in [0.1, 0.15) is 5.56 Å². The third-order valence-electron chi connectivity index (χ3n) is 3.14. The van der Waals surface area contributed by atoms with Crippen molar-refractivity contribution >= 4 is 29.3 Å². The Bertz CT molecular complexity index is 817. The predicted molar refractivity (Wildman–Crippen MR) is 91.9 cm³/mol. The smallest absolute Gasteiger partial charge is 0.230 e. The van der Waals surface area contributed by atoms with Gasteiger partial charge in [0.2, 0.25) is 16.9 Å². The Kier molecular flexibility index (Phi) is 5.07. The molecule has 3 aromatic rings. The van der Waals surface area contributed by atoms with Crippen molar-refractivity contribution in [3.05, 3.63) is 53.2 Å². The molecule has 1 amide bonds. The number of thioether (sulfide) groups is 1. The first-order chi connectivity index (χ1) is 11.6. The predicted octanol–water partition coefficient (Wildman–Crippen LogP) is 2.31. The number of rotatable bonds is 6. The second kappa shape index (κ2) is 7.41. The highest BCUT2D eigenvalue weighted by Gasteiger charge is 2.15. The molecule has 0 aliphatic rings. The maximum atomic E-state index is 11.9. The van der Waals surface area contributed by atoms with Crippen LogP contribution in [0.5, 0.6) is 0 Å². The van der Waals surface area contributed by atoms with E-state index in [0.717, 1.165) is 5.56 Å². The van der Waals surface area contributed by atoms with Crippen LogP contribution in [0.3, 0.4) is 0 Å². The molecule has 2 aromatic heterocycles. The first-order valence-corrected chi connectivity index (χ1v) is 8.38. The first kappa shape index (κ1) is 16.4. The Morgan fingerprint density at radius 1 is 1.29 bits per heavy atom. The number of hydrogen-bond acceptors (Lipinski definition) is 6. The van der Waals surface area contributed by atoms with Crippen LogP contribution >= 0.6 is 23.4 Å². The standard InChI is InChI=1S/C15H14ClN5O2S/c16-11-5-3-10(4-6-11)8-18-13(22)9-24-15-20-19-14(21(15)17)12-2-1-7-23-12/h1-7H,8-9,17H2,(H,18,22). The zero-order valence-corrected chi connectivity index (χ0v) is 14.0. The summed E-state index contributed by atoms with van der Waals surface area (Å²) in [7, 11) is 0. The second-order valence-electron chi connectivity index (χ2n) is 4.85. The third-order valence-corrected chi connectivity index (χ3v) is 4.34. The number of benzene rings is 1. The van der Waals surface area contributed by atoms with E-state index < -0.39 is 0 Å². The van der Waals surface area contributed by atoms with Crippen LogP contribution in [0, 0.1) is 0 Å². The molecule has 0 fully saturated rings. The van der Waals surface area contributed by atoms with Gasteiger partial charge >= 0.3 is 0 Å². The number of nitrogen functional groups attached to an aromatic ring is 1. The largest absolute Gasteiger partial charge is 0.461 e. The van der Waals surface area contributed by atoms with Gasteiger partial charge in [0.15, 0.2) is 5.76 Å². The van der Waals surface area contributed by atoms with Gasteiger partial charge in [0.25, 0.3) is 0 Å². The molecule has 2 heterocycles. The summed E-state index contributed by atoms with van der Waals surface area (Å²) < 4.78 is 6.54. The summed E-state index contributed by atoms with van der Waals surface area (Å²) in [6.45, 7) is 0.434. The number of carbonyl (C=O) groups is 1. The Balaban J connectivity index is 1.52. The topological polar surface area (TPSA) is 99.0 Å². The molecule has 0 radical (unpaired) electrons. The van der Waals surface area contributed by atoms with Crippen LogP contribution in [0.2, 0.25) is 5.02 Å². The highest BCUT2D eigenvalue weighted by Crippen LogP contribution is 2.21. The van der Waals surface area contributed by atoms with E-state index in [4.69, 9.17) is 21.9 Å². The van der Waals surface area contributed by atoms with Crippen LogP contribution in [0.25, 0.3) is 11.6 Å². The van der Waals surface area contributed by atoms with E-state index >= 15 is 0 Å². The van der Waals surface area contributed by atoms with Gasteiger partial charge in [0, 0.05) is 11.6 Å². The molecule has 0 aliphatic heterocycles. The molecule has 0 spiro atoms. The molecule has 0 unspecified atom stereocenters. The molecule has 0 saturated carbocycles. The minimum atomic E-state index is -0.127. The number of nitrogens with one attached hydrogen (secondary N) is 1. The van der Waals surface area contributed by atoms with Crippen LogP contribution in [0.15, 0.2) is 52.2 Å². The summed E-state index contributed by atoms with van der Waals surface area (Å²) in [4.78, 5) is 11.9. The van der Waals surface area contributed by atoms with Crippen molar-refractivity contribution in [2.75, 3.05) is 11.6 Å². The van der Waals surface area contributed by atoms with Gasteiger partial charge in [-0.2, -0.15) is 0 Å². The van der Waals surface area contributed by atoms with Crippen molar-refractivity contribution < 1.29 is 9.21 Å². The van der Waals surface area contributed by atoms with Gasteiger partial charge in [-0.25, -0.2) is 4.68 Å². The summed E-state index contributed by atoms with van der Waals surface area (Å²) in [5.74, 6) is 6.91. The monoisotopic (exact) mass is 363 g/mol. The number of nitrogens with two attached hydrogens (primary N) is 1. The molecule has 3 N–H and O–H groups in total. The molecule has 9 heteroatoms. The van der Waals surface area contributed by atoms with E-state index in [1.165, 1.54) is 22.7 Å². The SMILES string of the molecule is Nn1c(SCC(=O)NCc2ccc(Cl)cc2)nnc1-c1ccco1. The highest BCUT2D eigenvalue weighted by molar-refractivity contribution is 7.99. The lowest BCUT2D eigenvalue weighted by Crippen LogP contribution is -2.25. The maximum absolute atomic E-state index is 11.9. The molecular formula is C15H14ClN5O2S. The number of carbonyl (C=O) groups excluding carboxylic acids is 1. The van der Waals surface area contributed by atoms with E-state index in [0.29, 0.717) is 28.3 Å². The van der Waals surface area contributed by atoms with Gasteiger partial charge in [0.1, 0.15) is 0 Å². The number of amides is 1. The Morgan fingerprint density at radius 3 is 2.79 bits per heavy atom. The Morgan fingerprint density at radius 2 is 2.08 bits per heavy atom. The normalized spacial score (nSPS) is 10.7. The molecule has 0 saturated heterocycles. The summed E-state index contributed by atoms with van der Waals surface area (Å²) >= 11 is 7.02. The van der Waals surface area contributed by atoms with Crippen LogP contribution in [-0.4, -0.2) is 26.5 Å². The molecule has 24 heavy (non-hydrogen) atoms. The summed E-state index contributed by atoms with van der Waals surface area (Å²) in [5, 5.41) is 11.9. The van der Waals surface area contributed by atoms with Gasteiger partial charge in [-0.05, 0) is 29.8 Å². The van der Waals surface area contributed by atoms with Crippen LogP contribution < -0.4 is 11.2 Å². The summed E-state index contributed by atoms with van der Waals surface area (Å²) in [5.41, 5.74) is 0.972. The molecule has 0 atom stereocenters. The summed E-state index contributed by atoms with van der Waals surface area (Å²) in [6, 6.07) is 10.8. The average molecular weight is 364 g/mol. The third kappa shape index (κ3) is 3.90. The van der Waals surface area contributed by atoms with Crippen LogP contribution in [0.4, 0.5) is 0 Å². The molecule has 0 aliphatic carbocycles. The van der Waals surface area contributed by atoms with Crippen molar-refractivity contribution in [3.8, 4) is 11.6 Å². The zero-order chi connectivity index (χ0) is 16.9. The van der Waals surface area contributed by atoms with Gasteiger partial charge in [-0.3, -0.25) is 4.79 Å². The lowest BCUT2D eigenvalue weighted by Gasteiger charge is -2.05. The Labute approximate surface area is 147 Å². The van der Waals surface area contributed by atoms with Gasteiger partial charge in [-0.15, -0.1) is 10.2 Å². The second-order valence-corrected chi connectivity index (χ2v) is 6.22. The number of furan rings is 1. The molecule has 124 valence electrons. The van der Waals surface area contributed by atoms with E-state index in [1.807, 2.05) is 12.1 Å². The Hall–Kier alpha value is -2.45. The maximum Gasteiger partial charge on any atom is 0.230 e. The summed E-state index contributed by atoms with van der Waals surface area (Å²) in [6.07, 6.45) is 1.53. The van der Waals surface area contributed by atoms with Crippen molar-refractivity contribution in [3.63, 3.8) is 0 Å². The molecule has 3 rings (SSSR count). The number of aromatic nitrogens is 3. The lowest BCUT2D eigenvalue weighted by molar-refractivity contribution is -0.118. The fourth-order valence-electron chi connectivity index (χ4n) is 1.93. The fourth-order valence-corrected chi connectivity index (χ4v) is 2.75. The minimum Gasteiger partial charge on any atom is -0.461 e. The lowest BCUT2D eigenvalue weighted by atomic mass is 10.2. The zero-order valence-electron chi connectivity index (χ0n) is 12.5. The van der Waals surface area contributed by atoms with E-state index in [-0.39, 0.29) is 11.7 Å². The molecule has 0 bridgehead atoms. The van der Waals surface area contributed by atoms with Crippen molar-refractivity contribution in [2.24, 2.45) is 0 Å². The van der Waals surface area contributed by atoms with E-state index in [2.05, 4.69) is 15.5 Å². The van der Waals surface area contributed by atoms with Crippen molar-refractivity contribution in [1.82, 2.24) is 20.2 Å². The average Bonchev–Trinajstić information content (AvgIpc) is 3.22. The van der Waals surface area contributed by atoms with E-state index in [9.17, 15) is 4.79 Å². The van der Waals surface area contributed by atoms with Gasteiger partial charge < -0.3 is 15.6 Å². The van der Waals surface area contributed by atoms with Gasteiger partial charge in [0.05, 0.1) is 12.0 Å². The number of halogens is 1.